The van der Waals surface area contributed by atoms with Gasteiger partial charge in [-0.1, -0.05) is 19.1 Å². The maximum atomic E-state index is 12.7. The van der Waals surface area contributed by atoms with E-state index in [2.05, 4.69) is 39.3 Å². The number of benzene rings is 1. The molecular weight excluding hydrogens is 494 g/mol. The number of guanidine groups is 1. The van der Waals surface area contributed by atoms with Gasteiger partial charge in [0.25, 0.3) is 0 Å². The van der Waals surface area contributed by atoms with Crippen molar-refractivity contribution < 1.29 is 13.2 Å². The Balaban J connectivity index is 0.00000420. The number of alkyl halides is 3. The largest absolute Gasteiger partial charge is 0.416 e. The molecule has 2 rings (SSSR count). The lowest BCUT2D eigenvalue weighted by Crippen LogP contribution is -2.53. The number of aliphatic imine (C=N–C) groups is 1. The van der Waals surface area contributed by atoms with Crippen LogP contribution in [0.15, 0.2) is 29.3 Å². The summed E-state index contributed by atoms with van der Waals surface area (Å²) >= 11 is 0. The van der Waals surface area contributed by atoms with Crippen molar-refractivity contribution in [3.8, 4) is 0 Å². The molecule has 1 heterocycles. The summed E-state index contributed by atoms with van der Waals surface area (Å²) in [6.07, 6.45) is -4.31. The Bertz CT molecular complexity index is 614. The predicted molar refractivity (Wildman–Crippen MR) is 123 cm³/mol. The molecule has 2 N–H and O–H groups in total. The molecule has 0 radical (unpaired) electrons. The van der Waals surface area contributed by atoms with Gasteiger partial charge in [0, 0.05) is 45.3 Å². The van der Waals surface area contributed by atoms with Gasteiger partial charge in [0.15, 0.2) is 5.96 Å². The second-order valence-corrected chi connectivity index (χ2v) is 7.09. The van der Waals surface area contributed by atoms with Crippen LogP contribution in [0.1, 0.15) is 31.9 Å². The highest BCUT2D eigenvalue weighted by Gasteiger charge is 2.29. The highest BCUT2D eigenvalue weighted by atomic mass is 127. The Morgan fingerprint density at radius 2 is 1.69 bits per heavy atom. The van der Waals surface area contributed by atoms with Gasteiger partial charge >= 0.3 is 6.18 Å². The van der Waals surface area contributed by atoms with E-state index in [-0.39, 0.29) is 24.0 Å². The van der Waals surface area contributed by atoms with Gasteiger partial charge in [-0.3, -0.25) is 4.90 Å². The fourth-order valence-electron chi connectivity index (χ4n) is 3.21. The topological polar surface area (TPSA) is 42.9 Å². The van der Waals surface area contributed by atoms with Crippen molar-refractivity contribution in [3.63, 3.8) is 0 Å². The molecule has 0 bridgehead atoms. The van der Waals surface area contributed by atoms with Gasteiger partial charge in [-0.15, -0.1) is 24.0 Å². The number of rotatable bonds is 7. The Labute approximate surface area is 189 Å². The first-order chi connectivity index (χ1) is 13.3. The van der Waals surface area contributed by atoms with Crippen LogP contribution in [0.5, 0.6) is 0 Å². The summed E-state index contributed by atoms with van der Waals surface area (Å²) in [5.74, 6) is 0.682. The summed E-state index contributed by atoms with van der Waals surface area (Å²) in [5.41, 5.74) is 0.108. The first-order valence-corrected chi connectivity index (χ1v) is 9.98. The fraction of sp³-hybridized carbons (Fsp3) is 0.650. The lowest BCUT2D eigenvalue weighted by molar-refractivity contribution is -0.137. The predicted octanol–water partition coefficient (Wildman–Crippen LogP) is 3.40. The van der Waals surface area contributed by atoms with Crippen LogP contribution in [0.3, 0.4) is 0 Å². The van der Waals surface area contributed by atoms with E-state index >= 15 is 0 Å². The second-order valence-electron chi connectivity index (χ2n) is 7.09. The second kappa shape index (κ2) is 12.6. The number of hydrogen-bond donors (Lipinski definition) is 2. The Morgan fingerprint density at radius 3 is 2.21 bits per heavy atom. The summed E-state index contributed by atoms with van der Waals surface area (Å²) in [5, 5.41) is 6.55. The Morgan fingerprint density at radius 1 is 1.07 bits per heavy atom. The van der Waals surface area contributed by atoms with Gasteiger partial charge in [-0.25, -0.2) is 4.99 Å². The van der Waals surface area contributed by atoms with Crippen molar-refractivity contribution in [1.29, 1.82) is 0 Å². The minimum Gasteiger partial charge on any atom is -0.357 e. The van der Waals surface area contributed by atoms with E-state index in [1.165, 1.54) is 12.1 Å². The molecule has 1 unspecified atom stereocenters. The molecular formula is C20H33F3IN5. The van der Waals surface area contributed by atoms with Crippen molar-refractivity contribution >= 4 is 29.9 Å². The number of hydrogen-bond acceptors (Lipinski definition) is 3. The van der Waals surface area contributed by atoms with Crippen molar-refractivity contribution in [2.45, 2.75) is 39.5 Å². The third-order valence-corrected chi connectivity index (χ3v) is 5.09. The molecule has 1 aromatic rings. The van der Waals surface area contributed by atoms with E-state index in [1.54, 1.807) is 0 Å². The SMILES string of the molecule is CCNC(=NCc1ccc(C(F)(F)F)cc1)NCC(C)N1CCN(CC)CC1.I. The van der Waals surface area contributed by atoms with E-state index in [1.807, 2.05) is 6.92 Å². The van der Waals surface area contributed by atoms with Crippen LogP contribution in [0.2, 0.25) is 0 Å². The van der Waals surface area contributed by atoms with Crippen molar-refractivity contribution in [3.05, 3.63) is 35.4 Å². The first kappa shape index (κ1) is 26.0. The lowest BCUT2D eigenvalue weighted by Gasteiger charge is -2.37. The van der Waals surface area contributed by atoms with Gasteiger partial charge in [-0.05, 0) is 38.1 Å². The fourth-order valence-corrected chi connectivity index (χ4v) is 3.21. The van der Waals surface area contributed by atoms with Crippen molar-refractivity contribution in [2.75, 3.05) is 45.8 Å². The maximum Gasteiger partial charge on any atom is 0.416 e. The van der Waals surface area contributed by atoms with E-state index < -0.39 is 11.7 Å². The lowest BCUT2D eigenvalue weighted by atomic mass is 10.1. The number of piperazine rings is 1. The van der Waals surface area contributed by atoms with Gasteiger partial charge in [-0.2, -0.15) is 13.2 Å². The van der Waals surface area contributed by atoms with Crippen LogP contribution < -0.4 is 10.6 Å². The smallest absolute Gasteiger partial charge is 0.357 e. The molecule has 9 heteroatoms. The molecule has 1 atom stereocenters. The molecule has 1 aliphatic rings. The quantitative estimate of drug-likeness (QED) is 0.324. The molecule has 1 fully saturated rings. The Hall–Kier alpha value is -1.07. The summed E-state index contributed by atoms with van der Waals surface area (Å²) in [6, 6.07) is 5.54. The summed E-state index contributed by atoms with van der Waals surface area (Å²) in [4.78, 5) is 9.43. The number of nitrogens with zero attached hydrogens (tertiary/aromatic N) is 3. The Kier molecular flexibility index (Phi) is 11.3. The standard InChI is InChI=1S/C20H32F3N5.HI/c1-4-24-19(25-14-16(3)28-12-10-27(5-2)11-13-28)26-15-17-6-8-18(9-7-17)20(21,22)23;/h6-9,16H,4-5,10-15H2,1-3H3,(H2,24,25,26);1H. The van der Waals surface area contributed by atoms with Gasteiger partial charge in [0.05, 0.1) is 12.1 Å². The summed E-state index contributed by atoms with van der Waals surface area (Å²) < 4.78 is 38.0. The average molecular weight is 527 g/mol. The summed E-state index contributed by atoms with van der Waals surface area (Å²) in [6.45, 7) is 13.6. The molecule has 0 saturated carbocycles. The molecule has 166 valence electrons. The zero-order chi connectivity index (χ0) is 20.6. The van der Waals surface area contributed by atoms with E-state index in [9.17, 15) is 13.2 Å². The molecule has 0 aliphatic carbocycles. The molecule has 0 aromatic heterocycles. The normalized spacial score (nSPS) is 17.5. The average Bonchev–Trinajstić information content (AvgIpc) is 2.69. The molecule has 0 amide bonds. The van der Waals surface area contributed by atoms with Crippen LogP contribution in [-0.4, -0.2) is 67.6 Å². The highest BCUT2D eigenvalue weighted by Crippen LogP contribution is 2.29. The maximum absolute atomic E-state index is 12.7. The number of halogens is 4. The third-order valence-electron chi connectivity index (χ3n) is 5.09. The zero-order valence-corrected chi connectivity index (χ0v) is 19.8. The minimum absolute atomic E-state index is 0. The summed E-state index contributed by atoms with van der Waals surface area (Å²) in [7, 11) is 0. The monoisotopic (exact) mass is 527 g/mol. The van der Waals surface area contributed by atoms with Gasteiger partial charge in [0.1, 0.15) is 0 Å². The highest BCUT2D eigenvalue weighted by molar-refractivity contribution is 14.0. The minimum atomic E-state index is -4.31. The molecule has 29 heavy (non-hydrogen) atoms. The molecule has 1 saturated heterocycles. The van der Waals surface area contributed by atoms with E-state index in [4.69, 9.17) is 0 Å². The molecule has 1 aliphatic heterocycles. The molecule has 1 aromatic carbocycles. The van der Waals surface area contributed by atoms with Crippen LogP contribution >= 0.6 is 24.0 Å². The van der Waals surface area contributed by atoms with Crippen LogP contribution in [0.25, 0.3) is 0 Å². The number of nitrogens with one attached hydrogen (secondary N) is 2. The molecule has 5 nitrogen and oxygen atoms in total. The van der Waals surface area contributed by atoms with Crippen LogP contribution in [0.4, 0.5) is 13.2 Å². The van der Waals surface area contributed by atoms with E-state index in [0.717, 1.165) is 63.5 Å². The van der Waals surface area contributed by atoms with E-state index in [0.29, 0.717) is 18.5 Å². The first-order valence-electron chi connectivity index (χ1n) is 9.98. The number of likely N-dealkylation sites (N-methyl/N-ethyl adjacent to an activating group) is 1. The van der Waals surface area contributed by atoms with Gasteiger partial charge < -0.3 is 15.5 Å². The third kappa shape index (κ3) is 8.67. The van der Waals surface area contributed by atoms with Gasteiger partial charge in [0.2, 0.25) is 0 Å². The molecule has 0 spiro atoms. The zero-order valence-electron chi connectivity index (χ0n) is 17.4. The van der Waals surface area contributed by atoms with Crippen LogP contribution in [-0.2, 0) is 12.7 Å². The van der Waals surface area contributed by atoms with Crippen molar-refractivity contribution in [1.82, 2.24) is 20.4 Å². The van der Waals surface area contributed by atoms with Crippen molar-refractivity contribution in [2.24, 2.45) is 4.99 Å². The van der Waals surface area contributed by atoms with Crippen LogP contribution in [0, 0.1) is 0 Å².